The quantitative estimate of drug-likeness (QED) is 0.239. The fraction of sp³-hybridized carbons (Fsp3) is 0.647. The molecule has 0 bridgehead atoms. The summed E-state index contributed by atoms with van der Waals surface area (Å²) in [4.78, 5) is 0. The molecule has 0 radical (unpaired) electrons. The molecule has 216 valence electrons. The summed E-state index contributed by atoms with van der Waals surface area (Å²) in [6, 6.07) is 20.8. The van der Waals surface area contributed by atoms with Gasteiger partial charge in [-0.2, -0.15) is 0 Å². The molecule has 0 saturated heterocycles. The Labute approximate surface area is 238 Å². The SMILES string of the molecule is CC(C)(C)[Si](C)(C)O[C@@H]1CC[C@@H](O)[C@@H]2[C@](C)(CCOCc3ccccc3)[C@H](OCc3ccccc3)CC[C@]21C. The second kappa shape index (κ2) is 12.2. The first kappa shape index (κ1) is 30.5. The molecule has 0 aliphatic heterocycles. The van der Waals surface area contributed by atoms with Crippen molar-refractivity contribution in [3.63, 3.8) is 0 Å². The molecule has 2 aliphatic carbocycles. The van der Waals surface area contributed by atoms with Crippen LogP contribution in [0.2, 0.25) is 18.1 Å². The topological polar surface area (TPSA) is 47.9 Å². The fourth-order valence-electron chi connectivity index (χ4n) is 7.08. The van der Waals surface area contributed by atoms with E-state index in [0.29, 0.717) is 19.8 Å². The van der Waals surface area contributed by atoms with Crippen LogP contribution in [-0.2, 0) is 27.1 Å². The molecule has 0 aromatic heterocycles. The zero-order valence-electron chi connectivity index (χ0n) is 25.4. The highest BCUT2D eigenvalue weighted by Crippen LogP contribution is 2.61. The van der Waals surface area contributed by atoms with Gasteiger partial charge in [0.05, 0.1) is 31.5 Å². The molecule has 4 nitrogen and oxygen atoms in total. The summed E-state index contributed by atoms with van der Waals surface area (Å²) < 4.78 is 20.1. The average Bonchev–Trinajstić information content (AvgIpc) is 2.88. The molecule has 2 aromatic carbocycles. The predicted molar refractivity (Wildman–Crippen MR) is 162 cm³/mol. The van der Waals surface area contributed by atoms with Gasteiger partial charge in [0.15, 0.2) is 8.32 Å². The van der Waals surface area contributed by atoms with Crippen LogP contribution in [0.15, 0.2) is 60.7 Å². The Morgan fingerprint density at radius 1 is 0.846 bits per heavy atom. The van der Waals surface area contributed by atoms with Crippen molar-refractivity contribution in [1.29, 1.82) is 0 Å². The van der Waals surface area contributed by atoms with Crippen LogP contribution in [0.25, 0.3) is 0 Å². The summed E-state index contributed by atoms with van der Waals surface area (Å²) in [5.74, 6) is 0.0865. The first-order valence-electron chi connectivity index (χ1n) is 15.0. The molecule has 0 unspecified atom stereocenters. The molecular weight excluding hydrogens is 500 g/mol. The maximum absolute atomic E-state index is 11.7. The highest BCUT2D eigenvalue weighted by molar-refractivity contribution is 6.74. The van der Waals surface area contributed by atoms with Crippen LogP contribution in [-0.4, -0.2) is 38.3 Å². The van der Waals surface area contributed by atoms with E-state index in [1.54, 1.807) is 0 Å². The van der Waals surface area contributed by atoms with Crippen molar-refractivity contribution in [3.05, 3.63) is 71.8 Å². The minimum atomic E-state index is -1.97. The average molecular weight is 553 g/mol. The van der Waals surface area contributed by atoms with E-state index >= 15 is 0 Å². The Hall–Kier alpha value is -1.50. The standard InChI is InChI=1S/C34H52O4Si/c1-32(2,3)39(6,7)38-30-19-18-28(35)31-33(30,4)21-20-29(37-25-27-16-12-9-13-17-27)34(31,5)22-23-36-24-26-14-10-8-11-15-26/h8-17,28-31,35H,18-25H2,1-7H3/t28-,29-,30-,31+,33+,34-/m1/s1. The van der Waals surface area contributed by atoms with Crippen LogP contribution in [0.4, 0.5) is 0 Å². The summed E-state index contributed by atoms with van der Waals surface area (Å²) in [7, 11) is -1.97. The van der Waals surface area contributed by atoms with Gasteiger partial charge in [-0.15, -0.1) is 0 Å². The lowest BCUT2D eigenvalue weighted by molar-refractivity contribution is -0.219. The Morgan fingerprint density at radius 2 is 1.44 bits per heavy atom. The lowest BCUT2D eigenvalue weighted by atomic mass is 9.47. The number of hydrogen-bond donors (Lipinski definition) is 1. The van der Waals surface area contributed by atoms with Crippen LogP contribution in [0.1, 0.15) is 77.8 Å². The highest BCUT2D eigenvalue weighted by Gasteiger charge is 2.61. The van der Waals surface area contributed by atoms with Crippen molar-refractivity contribution in [2.75, 3.05) is 6.61 Å². The summed E-state index contributed by atoms with van der Waals surface area (Å²) in [6.07, 6.45) is 4.39. The number of fused-ring (bicyclic) bond motifs is 1. The van der Waals surface area contributed by atoms with Gasteiger partial charge in [0.25, 0.3) is 0 Å². The van der Waals surface area contributed by atoms with E-state index in [1.165, 1.54) is 11.1 Å². The molecule has 2 saturated carbocycles. The molecule has 6 atom stereocenters. The highest BCUT2D eigenvalue weighted by atomic mass is 28.4. The summed E-state index contributed by atoms with van der Waals surface area (Å²) in [6.45, 7) is 18.3. The molecule has 4 rings (SSSR count). The van der Waals surface area contributed by atoms with E-state index < -0.39 is 8.32 Å². The first-order valence-corrected chi connectivity index (χ1v) is 17.9. The number of aliphatic hydroxyl groups is 1. The molecule has 0 heterocycles. The number of ether oxygens (including phenoxy) is 2. The smallest absolute Gasteiger partial charge is 0.192 e. The van der Waals surface area contributed by atoms with Crippen LogP contribution >= 0.6 is 0 Å². The number of benzene rings is 2. The molecule has 2 fully saturated rings. The fourth-order valence-corrected chi connectivity index (χ4v) is 8.54. The van der Waals surface area contributed by atoms with Gasteiger partial charge in [-0.1, -0.05) is 95.3 Å². The number of rotatable bonds is 10. The van der Waals surface area contributed by atoms with Crippen LogP contribution in [0.5, 0.6) is 0 Å². The molecule has 0 amide bonds. The van der Waals surface area contributed by atoms with Gasteiger partial charge in [-0.3, -0.25) is 0 Å². The second-order valence-electron chi connectivity index (χ2n) is 14.1. The second-order valence-corrected chi connectivity index (χ2v) is 18.9. The Bertz CT molecular complexity index is 1040. The number of aliphatic hydroxyl groups excluding tert-OH is 1. The zero-order chi connectivity index (χ0) is 28.3. The summed E-state index contributed by atoms with van der Waals surface area (Å²) >= 11 is 0. The molecule has 5 heteroatoms. The molecular formula is C34H52O4Si. The third-order valence-corrected chi connectivity index (χ3v) is 14.9. The monoisotopic (exact) mass is 552 g/mol. The van der Waals surface area contributed by atoms with Crippen LogP contribution < -0.4 is 0 Å². The Balaban J connectivity index is 1.58. The normalized spacial score (nSPS) is 31.6. The number of hydrogen-bond acceptors (Lipinski definition) is 4. The lowest BCUT2D eigenvalue weighted by Crippen LogP contribution is -2.64. The van der Waals surface area contributed by atoms with Crippen LogP contribution in [0.3, 0.4) is 0 Å². The van der Waals surface area contributed by atoms with E-state index in [1.807, 2.05) is 12.1 Å². The molecule has 2 aliphatic rings. The van der Waals surface area contributed by atoms with Gasteiger partial charge < -0.3 is 19.0 Å². The molecule has 39 heavy (non-hydrogen) atoms. The third kappa shape index (κ3) is 6.70. The van der Waals surface area contributed by atoms with E-state index in [-0.39, 0.29) is 40.1 Å². The van der Waals surface area contributed by atoms with Crippen molar-refractivity contribution in [3.8, 4) is 0 Å². The Morgan fingerprint density at radius 3 is 2.03 bits per heavy atom. The van der Waals surface area contributed by atoms with Gasteiger partial charge in [-0.05, 0) is 66.8 Å². The Kier molecular flexibility index (Phi) is 9.50. The van der Waals surface area contributed by atoms with Crippen LogP contribution in [0, 0.1) is 16.7 Å². The van der Waals surface area contributed by atoms with E-state index in [9.17, 15) is 5.11 Å². The van der Waals surface area contributed by atoms with Gasteiger partial charge in [-0.25, -0.2) is 0 Å². The van der Waals surface area contributed by atoms with Gasteiger partial charge in [0.1, 0.15) is 0 Å². The van der Waals surface area contributed by atoms with Gasteiger partial charge >= 0.3 is 0 Å². The van der Waals surface area contributed by atoms with Crippen molar-refractivity contribution >= 4 is 8.32 Å². The molecule has 1 N–H and O–H groups in total. The molecule has 2 aromatic rings. The summed E-state index contributed by atoms with van der Waals surface area (Å²) in [5.41, 5.74) is 2.05. The van der Waals surface area contributed by atoms with E-state index in [0.717, 1.165) is 32.1 Å². The van der Waals surface area contributed by atoms with E-state index in [2.05, 4.69) is 96.2 Å². The minimum Gasteiger partial charge on any atom is -0.413 e. The van der Waals surface area contributed by atoms with Crippen molar-refractivity contribution < 1.29 is 19.0 Å². The van der Waals surface area contributed by atoms with Gasteiger partial charge in [0.2, 0.25) is 0 Å². The minimum absolute atomic E-state index is 0.0531. The lowest BCUT2D eigenvalue weighted by Gasteiger charge is -2.62. The predicted octanol–water partition coefficient (Wildman–Crippen LogP) is 8.15. The maximum Gasteiger partial charge on any atom is 0.192 e. The molecule has 0 spiro atoms. The summed E-state index contributed by atoms with van der Waals surface area (Å²) in [5, 5.41) is 11.8. The first-order chi connectivity index (χ1) is 18.4. The zero-order valence-corrected chi connectivity index (χ0v) is 26.4. The van der Waals surface area contributed by atoms with Crippen molar-refractivity contribution in [2.24, 2.45) is 16.7 Å². The van der Waals surface area contributed by atoms with Gasteiger partial charge in [0, 0.05) is 17.9 Å². The van der Waals surface area contributed by atoms with E-state index in [4.69, 9.17) is 13.9 Å². The van der Waals surface area contributed by atoms with Crippen molar-refractivity contribution in [1.82, 2.24) is 0 Å². The van der Waals surface area contributed by atoms with Crippen molar-refractivity contribution in [2.45, 2.75) is 116 Å². The largest absolute Gasteiger partial charge is 0.413 e. The maximum atomic E-state index is 11.7. The third-order valence-electron chi connectivity index (χ3n) is 10.4.